The van der Waals surface area contributed by atoms with Crippen LogP contribution in [0.5, 0.6) is 11.6 Å². The summed E-state index contributed by atoms with van der Waals surface area (Å²) in [5.74, 6) is -0.265. The number of nitrogens with one attached hydrogen (secondary N) is 2. The summed E-state index contributed by atoms with van der Waals surface area (Å²) in [5, 5.41) is 9.85. The minimum atomic E-state index is -0.869. The number of aromatic nitrogens is 6. The average molecular weight is 438 g/mol. The first-order valence-electron chi connectivity index (χ1n) is 8.41. The van der Waals surface area contributed by atoms with Gasteiger partial charge in [-0.25, -0.2) is 14.9 Å². The van der Waals surface area contributed by atoms with Crippen molar-refractivity contribution in [2.45, 2.75) is 25.7 Å². The van der Waals surface area contributed by atoms with E-state index in [1.54, 1.807) is 0 Å². The number of anilines is 1. The Hall–Kier alpha value is -3.18. The molecule has 13 heteroatoms. The molecule has 0 fully saturated rings. The summed E-state index contributed by atoms with van der Waals surface area (Å²) in [6, 6.07) is 1.27. The third-order valence-corrected chi connectivity index (χ3v) is 5.09. The fourth-order valence-electron chi connectivity index (χ4n) is 3.16. The van der Waals surface area contributed by atoms with E-state index in [4.69, 9.17) is 33.7 Å². The van der Waals surface area contributed by atoms with Crippen LogP contribution in [0.3, 0.4) is 0 Å². The van der Waals surface area contributed by atoms with Crippen LogP contribution in [0.25, 0.3) is 5.82 Å². The van der Waals surface area contributed by atoms with Gasteiger partial charge in [-0.2, -0.15) is 4.68 Å². The van der Waals surface area contributed by atoms with Crippen molar-refractivity contribution in [2.75, 3.05) is 5.73 Å². The average Bonchev–Trinajstić information content (AvgIpc) is 3.05. The van der Waals surface area contributed by atoms with E-state index in [0.29, 0.717) is 17.5 Å². The Kier molecular flexibility index (Phi) is 4.63. The van der Waals surface area contributed by atoms with Crippen LogP contribution in [0.1, 0.15) is 30.4 Å². The summed E-state index contributed by atoms with van der Waals surface area (Å²) >= 11 is 12.5. The van der Waals surface area contributed by atoms with Gasteiger partial charge in [0.15, 0.2) is 16.7 Å². The maximum atomic E-state index is 12.0. The lowest BCUT2D eigenvalue weighted by molar-refractivity contribution is 0.446. The van der Waals surface area contributed by atoms with Crippen LogP contribution in [0, 0.1) is 0 Å². The molecular formula is C16H13Cl2N7O4. The van der Waals surface area contributed by atoms with Crippen molar-refractivity contribution in [2.24, 2.45) is 0 Å². The number of nitrogens with two attached hydrogens (primary N) is 1. The highest BCUT2D eigenvalue weighted by Crippen LogP contribution is 2.40. The van der Waals surface area contributed by atoms with E-state index in [1.165, 1.54) is 6.07 Å². The second-order valence-corrected chi connectivity index (χ2v) is 7.20. The van der Waals surface area contributed by atoms with Gasteiger partial charge in [0, 0.05) is 17.2 Å². The maximum Gasteiger partial charge on any atom is 0.351 e. The first-order chi connectivity index (χ1) is 13.8. The summed E-state index contributed by atoms with van der Waals surface area (Å²) < 4.78 is 6.50. The molecule has 0 aromatic carbocycles. The Labute approximate surface area is 171 Å². The molecule has 4 rings (SSSR count). The molecule has 3 heterocycles. The van der Waals surface area contributed by atoms with Crippen LogP contribution in [0.2, 0.25) is 10.2 Å². The van der Waals surface area contributed by atoms with Crippen LogP contribution in [-0.4, -0.2) is 29.9 Å². The predicted octanol–water partition coefficient (Wildman–Crippen LogP) is 1.13. The summed E-state index contributed by atoms with van der Waals surface area (Å²) in [5.41, 5.74) is 4.79. The van der Waals surface area contributed by atoms with E-state index in [1.807, 2.05) is 11.9 Å². The molecule has 0 spiro atoms. The van der Waals surface area contributed by atoms with E-state index >= 15 is 0 Å². The Bertz CT molecular complexity index is 1290. The fourth-order valence-corrected chi connectivity index (χ4v) is 3.66. The Morgan fingerprint density at radius 2 is 2.03 bits per heavy atom. The number of fused-ring (bicyclic) bond motifs is 1. The molecule has 1 atom stereocenters. The van der Waals surface area contributed by atoms with Crippen molar-refractivity contribution < 1.29 is 4.74 Å². The SMILES string of the molecule is C[C@H]1CCc2c(Oc3c(Cl)cc(-n4nc(N)c(=O)[nH]c4=O)nc3Cl)n[nH]c(=O)c21. The van der Waals surface area contributed by atoms with Crippen molar-refractivity contribution in [3.8, 4) is 17.4 Å². The molecule has 4 N–H and O–H groups in total. The van der Waals surface area contributed by atoms with Gasteiger partial charge in [-0.3, -0.25) is 14.6 Å². The highest BCUT2D eigenvalue weighted by atomic mass is 35.5. The van der Waals surface area contributed by atoms with Crippen LogP contribution in [0.15, 0.2) is 20.4 Å². The molecule has 0 saturated heterocycles. The van der Waals surface area contributed by atoms with Gasteiger partial charge in [-0.1, -0.05) is 30.1 Å². The molecular weight excluding hydrogens is 425 g/mol. The fraction of sp³-hybridized carbons (Fsp3) is 0.250. The molecule has 0 aliphatic heterocycles. The van der Waals surface area contributed by atoms with Crippen LogP contribution in [-0.2, 0) is 6.42 Å². The second-order valence-electron chi connectivity index (χ2n) is 6.43. The molecule has 150 valence electrons. The van der Waals surface area contributed by atoms with Crippen molar-refractivity contribution in [1.82, 2.24) is 29.9 Å². The van der Waals surface area contributed by atoms with Crippen molar-refractivity contribution >= 4 is 29.0 Å². The first-order valence-corrected chi connectivity index (χ1v) is 9.16. The van der Waals surface area contributed by atoms with Gasteiger partial charge in [-0.15, -0.1) is 10.2 Å². The van der Waals surface area contributed by atoms with Gasteiger partial charge in [0.05, 0.1) is 5.02 Å². The zero-order valence-corrected chi connectivity index (χ0v) is 16.3. The standard InChI is InChI=1S/C16H13Cl2N7O4/c1-5-2-3-6-9(5)13(26)22-23-15(6)29-10-7(17)4-8(20-11(10)18)25-16(28)21-14(27)12(19)24-25/h4-5H,2-3H2,1H3,(H2,19,24)(H,22,26)(H,21,27,28)/t5-/m0/s1. The van der Waals surface area contributed by atoms with Crippen molar-refractivity contribution in [3.63, 3.8) is 0 Å². The summed E-state index contributed by atoms with van der Waals surface area (Å²) in [6.07, 6.45) is 1.42. The molecule has 1 aliphatic rings. The Morgan fingerprint density at radius 3 is 2.76 bits per heavy atom. The normalized spacial score (nSPS) is 15.3. The lowest BCUT2D eigenvalue weighted by Crippen LogP contribution is -2.33. The quantitative estimate of drug-likeness (QED) is 0.513. The molecule has 29 heavy (non-hydrogen) atoms. The smallest absolute Gasteiger partial charge is 0.351 e. The zero-order valence-electron chi connectivity index (χ0n) is 14.8. The third-order valence-electron chi connectivity index (χ3n) is 4.55. The van der Waals surface area contributed by atoms with Crippen LogP contribution in [0.4, 0.5) is 5.82 Å². The molecule has 11 nitrogen and oxygen atoms in total. The van der Waals surface area contributed by atoms with Crippen molar-refractivity contribution in [3.05, 3.63) is 58.6 Å². The minimum Gasteiger partial charge on any atom is -0.433 e. The van der Waals surface area contributed by atoms with E-state index in [9.17, 15) is 14.4 Å². The topological polar surface area (TPSA) is 162 Å². The van der Waals surface area contributed by atoms with Crippen LogP contribution >= 0.6 is 23.2 Å². The van der Waals surface area contributed by atoms with E-state index in [0.717, 1.165) is 11.1 Å². The molecule has 0 unspecified atom stereocenters. The minimum absolute atomic E-state index is 0.00580. The Morgan fingerprint density at radius 1 is 1.28 bits per heavy atom. The van der Waals surface area contributed by atoms with Gasteiger partial charge in [0.1, 0.15) is 0 Å². The summed E-state index contributed by atoms with van der Waals surface area (Å²) in [6.45, 7) is 1.95. The van der Waals surface area contributed by atoms with E-state index in [-0.39, 0.29) is 39.1 Å². The summed E-state index contributed by atoms with van der Waals surface area (Å²) in [7, 11) is 0. The summed E-state index contributed by atoms with van der Waals surface area (Å²) in [4.78, 5) is 41.4. The number of nitrogen functional groups attached to an aromatic ring is 1. The van der Waals surface area contributed by atoms with Crippen LogP contribution < -0.4 is 27.3 Å². The molecule has 3 aromatic heterocycles. The van der Waals surface area contributed by atoms with Gasteiger partial charge in [0.2, 0.25) is 11.7 Å². The number of halogens is 2. The lowest BCUT2D eigenvalue weighted by Gasteiger charge is -2.12. The molecule has 0 bridgehead atoms. The van der Waals surface area contributed by atoms with Gasteiger partial charge >= 0.3 is 5.69 Å². The van der Waals surface area contributed by atoms with Gasteiger partial charge in [0.25, 0.3) is 11.1 Å². The highest BCUT2D eigenvalue weighted by Gasteiger charge is 2.28. The molecule has 0 radical (unpaired) electrons. The number of hydrogen-bond donors (Lipinski definition) is 3. The number of pyridine rings is 1. The lowest BCUT2D eigenvalue weighted by atomic mass is 10.1. The van der Waals surface area contributed by atoms with Gasteiger partial charge in [-0.05, 0) is 18.8 Å². The number of nitrogens with zero attached hydrogens (tertiary/aromatic N) is 4. The third kappa shape index (κ3) is 3.28. The second kappa shape index (κ2) is 7.01. The number of hydrogen-bond acceptors (Lipinski definition) is 8. The highest BCUT2D eigenvalue weighted by molar-refractivity contribution is 6.36. The monoisotopic (exact) mass is 437 g/mol. The number of ether oxygens (including phenoxy) is 1. The van der Waals surface area contributed by atoms with Crippen molar-refractivity contribution in [1.29, 1.82) is 0 Å². The first kappa shape index (κ1) is 19.2. The number of H-pyrrole nitrogens is 2. The Balaban J connectivity index is 1.77. The molecule has 0 amide bonds. The molecule has 3 aromatic rings. The maximum absolute atomic E-state index is 12.0. The molecule has 1 aliphatic carbocycles. The largest absolute Gasteiger partial charge is 0.433 e. The van der Waals surface area contributed by atoms with E-state index < -0.39 is 17.1 Å². The zero-order chi connectivity index (χ0) is 20.9. The predicted molar refractivity (Wildman–Crippen MR) is 104 cm³/mol. The molecule has 0 saturated carbocycles. The van der Waals surface area contributed by atoms with Gasteiger partial charge < -0.3 is 10.5 Å². The number of aromatic amines is 2. The van der Waals surface area contributed by atoms with E-state index in [2.05, 4.69) is 20.3 Å². The number of rotatable bonds is 3.